The average Bonchev–Trinajstić information content (AvgIpc) is 2.46. The number of hydrogen-bond acceptors (Lipinski definition) is 4. The molecule has 1 fully saturated rings. The van der Waals surface area contributed by atoms with Crippen LogP contribution in [0.2, 0.25) is 0 Å². The summed E-state index contributed by atoms with van der Waals surface area (Å²) in [6.07, 6.45) is 0. The van der Waals surface area contributed by atoms with Crippen molar-refractivity contribution in [3.05, 3.63) is 23.8 Å². The number of benzene rings is 1. The average molecular weight is 323 g/mol. The monoisotopic (exact) mass is 322 g/mol. The first-order chi connectivity index (χ1) is 8.77. The smallest absolute Gasteiger partial charge is 0.127 e. The normalized spacial score (nSPS) is 16.6. The van der Waals surface area contributed by atoms with Crippen molar-refractivity contribution in [3.63, 3.8) is 0 Å². The van der Waals surface area contributed by atoms with Crippen molar-refractivity contribution < 1.29 is 9.47 Å². The number of methoxy groups -OCH3 is 2. The second-order valence-electron chi connectivity index (χ2n) is 4.54. The lowest BCUT2D eigenvalue weighted by atomic mass is 10.0. The van der Waals surface area contributed by atoms with Gasteiger partial charge in [0.05, 0.1) is 19.8 Å². The number of hydrogen-bond donors (Lipinski definition) is 1. The topological polar surface area (TPSA) is 33.7 Å². The molecule has 0 spiro atoms. The molecule has 0 saturated carbocycles. The van der Waals surface area contributed by atoms with Crippen LogP contribution in [0, 0.1) is 0 Å². The molecule has 1 aliphatic heterocycles. The molecule has 20 heavy (non-hydrogen) atoms. The van der Waals surface area contributed by atoms with Gasteiger partial charge in [-0.05, 0) is 19.1 Å². The minimum absolute atomic E-state index is 0. The maximum atomic E-state index is 5.48. The van der Waals surface area contributed by atoms with Crippen LogP contribution in [-0.4, -0.2) is 45.3 Å². The molecule has 1 aromatic carbocycles. The Balaban J connectivity index is 0.00000180. The lowest BCUT2D eigenvalue weighted by molar-refractivity contribution is 0.179. The maximum absolute atomic E-state index is 5.48. The van der Waals surface area contributed by atoms with Gasteiger partial charge in [0, 0.05) is 32.2 Å². The van der Waals surface area contributed by atoms with Gasteiger partial charge in [-0.2, -0.15) is 0 Å². The summed E-state index contributed by atoms with van der Waals surface area (Å²) in [5.41, 5.74) is 1.14. The number of piperazine rings is 1. The largest absolute Gasteiger partial charge is 0.496 e. The highest BCUT2D eigenvalue weighted by atomic mass is 35.5. The van der Waals surface area contributed by atoms with Gasteiger partial charge >= 0.3 is 0 Å². The van der Waals surface area contributed by atoms with Crippen LogP contribution < -0.4 is 14.8 Å². The maximum Gasteiger partial charge on any atom is 0.127 e. The molecule has 6 heteroatoms. The van der Waals surface area contributed by atoms with Crippen LogP contribution in [-0.2, 0) is 0 Å². The highest BCUT2D eigenvalue weighted by Gasteiger charge is 2.23. The summed E-state index contributed by atoms with van der Waals surface area (Å²) in [5, 5.41) is 3.37. The molecule has 4 nitrogen and oxygen atoms in total. The molecular formula is C14H24Cl2N2O2. The highest BCUT2D eigenvalue weighted by molar-refractivity contribution is 5.85. The zero-order chi connectivity index (χ0) is 13.0. The van der Waals surface area contributed by atoms with Gasteiger partial charge < -0.3 is 14.8 Å². The van der Waals surface area contributed by atoms with Crippen molar-refractivity contribution in [1.29, 1.82) is 0 Å². The molecule has 0 bridgehead atoms. The summed E-state index contributed by atoms with van der Waals surface area (Å²) in [5.74, 6) is 1.81. The Labute approximate surface area is 133 Å². The van der Waals surface area contributed by atoms with Crippen molar-refractivity contribution in [1.82, 2.24) is 10.2 Å². The van der Waals surface area contributed by atoms with Crippen LogP contribution in [0.15, 0.2) is 18.2 Å². The van der Waals surface area contributed by atoms with E-state index < -0.39 is 0 Å². The molecule has 0 amide bonds. The molecule has 0 aliphatic carbocycles. The van der Waals surface area contributed by atoms with E-state index in [1.165, 1.54) is 0 Å². The molecule has 2 rings (SSSR count). The minimum Gasteiger partial charge on any atom is -0.496 e. The zero-order valence-corrected chi connectivity index (χ0v) is 13.9. The second-order valence-corrected chi connectivity index (χ2v) is 4.54. The Morgan fingerprint density at radius 2 is 1.55 bits per heavy atom. The third-order valence-electron chi connectivity index (χ3n) is 3.58. The number of ether oxygens (including phenoxy) is 2. The van der Waals surface area contributed by atoms with E-state index in [4.69, 9.17) is 9.47 Å². The van der Waals surface area contributed by atoms with Crippen LogP contribution in [0.4, 0.5) is 0 Å². The fraction of sp³-hybridized carbons (Fsp3) is 0.571. The van der Waals surface area contributed by atoms with Gasteiger partial charge in [-0.15, -0.1) is 24.8 Å². The lowest BCUT2D eigenvalue weighted by Crippen LogP contribution is -2.44. The molecular weight excluding hydrogens is 299 g/mol. The summed E-state index contributed by atoms with van der Waals surface area (Å²) in [6, 6.07) is 6.26. The van der Waals surface area contributed by atoms with Crippen molar-refractivity contribution in [2.45, 2.75) is 13.0 Å². The third-order valence-corrected chi connectivity index (χ3v) is 3.58. The van der Waals surface area contributed by atoms with Gasteiger partial charge in [0.2, 0.25) is 0 Å². The van der Waals surface area contributed by atoms with E-state index in [-0.39, 0.29) is 24.8 Å². The van der Waals surface area contributed by atoms with Crippen LogP contribution >= 0.6 is 24.8 Å². The Morgan fingerprint density at radius 1 is 1.05 bits per heavy atom. The molecule has 1 N–H and O–H groups in total. The summed E-state index contributed by atoms with van der Waals surface area (Å²) in [7, 11) is 3.42. The molecule has 1 aliphatic rings. The second kappa shape index (κ2) is 9.29. The van der Waals surface area contributed by atoms with Crippen LogP contribution in [0.25, 0.3) is 0 Å². The van der Waals surface area contributed by atoms with Crippen LogP contribution in [0.3, 0.4) is 0 Å². The van der Waals surface area contributed by atoms with Gasteiger partial charge in [-0.3, -0.25) is 4.90 Å². The van der Waals surface area contributed by atoms with E-state index in [1.54, 1.807) is 14.2 Å². The molecule has 0 unspecified atom stereocenters. The van der Waals surface area contributed by atoms with Crippen LogP contribution in [0.1, 0.15) is 18.5 Å². The van der Waals surface area contributed by atoms with E-state index in [2.05, 4.69) is 17.1 Å². The van der Waals surface area contributed by atoms with E-state index >= 15 is 0 Å². The van der Waals surface area contributed by atoms with Gasteiger partial charge in [-0.1, -0.05) is 6.07 Å². The summed E-state index contributed by atoms with van der Waals surface area (Å²) < 4.78 is 11.0. The first-order valence-corrected chi connectivity index (χ1v) is 6.43. The summed E-state index contributed by atoms with van der Waals surface area (Å²) in [4.78, 5) is 2.46. The van der Waals surface area contributed by atoms with E-state index in [9.17, 15) is 0 Å². The fourth-order valence-corrected chi connectivity index (χ4v) is 2.54. The predicted molar refractivity (Wildman–Crippen MR) is 86.9 cm³/mol. The first-order valence-electron chi connectivity index (χ1n) is 6.43. The minimum atomic E-state index is 0. The van der Waals surface area contributed by atoms with Crippen LogP contribution in [0.5, 0.6) is 11.5 Å². The van der Waals surface area contributed by atoms with Crippen molar-refractivity contribution in [2.24, 2.45) is 0 Å². The van der Waals surface area contributed by atoms with E-state index in [0.717, 1.165) is 43.2 Å². The number of rotatable bonds is 4. The predicted octanol–water partition coefficient (Wildman–Crippen LogP) is 2.51. The number of nitrogens with one attached hydrogen (secondary N) is 1. The Hall–Kier alpha value is -0.680. The standard InChI is InChI=1S/C14H22N2O2.2ClH/c1-11(16-9-7-15-8-10-16)14-12(17-2)5-4-6-13(14)18-3;;/h4-6,11,15H,7-10H2,1-3H3;2*1H/t11-;;/m0../s1. The lowest BCUT2D eigenvalue weighted by Gasteiger charge is -2.34. The van der Waals surface area contributed by atoms with Crippen molar-refractivity contribution >= 4 is 24.8 Å². The number of halogens is 2. The van der Waals surface area contributed by atoms with Gasteiger partial charge in [0.1, 0.15) is 11.5 Å². The Kier molecular flexibility index (Phi) is 8.98. The molecule has 0 radical (unpaired) electrons. The molecule has 116 valence electrons. The van der Waals surface area contributed by atoms with Crippen molar-refractivity contribution in [3.8, 4) is 11.5 Å². The fourth-order valence-electron chi connectivity index (χ4n) is 2.54. The van der Waals surface area contributed by atoms with Gasteiger partial charge in [0.15, 0.2) is 0 Å². The Morgan fingerprint density at radius 3 is 2.00 bits per heavy atom. The molecule has 1 heterocycles. The zero-order valence-electron chi connectivity index (χ0n) is 12.2. The highest BCUT2D eigenvalue weighted by Crippen LogP contribution is 2.36. The SMILES string of the molecule is COc1cccc(OC)c1[C@H](C)N1CCNCC1.Cl.Cl. The quantitative estimate of drug-likeness (QED) is 0.923. The van der Waals surface area contributed by atoms with Gasteiger partial charge in [0.25, 0.3) is 0 Å². The first kappa shape index (κ1) is 19.3. The number of nitrogens with zero attached hydrogens (tertiary/aromatic N) is 1. The molecule has 0 aromatic heterocycles. The van der Waals surface area contributed by atoms with E-state index in [1.807, 2.05) is 18.2 Å². The molecule has 1 aromatic rings. The Bertz CT molecular complexity index is 377. The summed E-state index contributed by atoms with van der Waals surface area (Å²) in [6.45, 7) is 6.42. The third kappa shape index (κ3) is 4.16. The van der Waals surface area contributed by atoms with Crippen molar-refractivity contribution in [2.75, 3.05) is 40.4 Å². The van der Waals surface area contributed by atoms with E-state index in [0.29, 0.717) is 6.04 Å². The molecule has 1 atom stereocenters. The molecule has 1 saturated heterocycles. The summed E-state index contributed by atoms with van der Waals surface area (Å²) >= 11 is 0. The van der Waals surface area contributed by atoms with Gasteiger partial charge in [-0.25, -0.2) is 0 Å².